The second-order valence-corrected chi connectivity index (χ2v) is 7.31. The summed E-state index contributed by atoms with van der Waals surface area (Å²) >= 11 is 0. The number of allylic oxidation sites excluding steroid dienone is 1. The van der Waals surface area contributed by atoms with Crippen LogP contribution in [0.1, 0.15) is 51.6 Å². The molecule has 0 bridgehead atoms. The van der Waals surface area contributed by atoms with E-state index in [1.54, 1.807) is 17.0 Å². The zero-order chi connectivity index (χ0) is 19.9. The number of likely N-dealkylation sites (tertiary alicyclic amines) is 1. The smallest absolute Gasteiger partial charge is 0.384 e. The highest BCUT2D eigenvalue weighted by atomic mass is 19.4. The fourth-order valence-corrected chi connectivity index (χ4v) is 4.06. The van der Waals surface area contributed by atoms with Gasteiger partial charge in [-0.15, -0.1) is 0 Å². The topological polar surface area (TPSA) is 61.0 Å². The Bertz CT molecular complexity index is 910. The van der Waals surface area contributed by atoms with Gasteiger partial charge in [-0.2, -0.15) is 18.3 Å². The highest BCUT2D eigenvalue weighted by molar-refractivity contribution is 5.94. The third kappa shape index (κ3) is 3.39. The number of carbonyl (C=O) groups excluding carboxylic acids is 1. The van der Waals surface area contributed by atoms with Gasteiger partial charge in [0.25, 0.3) is 5.91 Å². The molecule has 0 aliphatic carbocycles. The van der Waals surface area contributed by atoms with Crippen LogP contribution in [0.2, 0.25) is 0 Å². The van der Waals surface area contributed by atoms with Crippen molar-refractivity contribution < 1.29 is 18.0 Å². The molecule has 0 saturated carbocycles. The van der Waals surface area contributed by atoms with E-state index < -0.39 is 11.7 Å². The molecule has 0 radical (unpaired) electrons. The third-order valence-corrected chi connectivity index (χ3v) is 5.55. The molecule has 2 aliphatic heterocycles. The van der Waals surface area contributed by atoms with Crippen molar-refractivity contribution in [2.45, 2.75) is 37.9 Å². The summed E-state index contributed by atoms with van der Waals surface area (Å²) in [6.45, 7) is 5.21. The monoisotopic (exact) mass is 390 g/mol. The molecule has 3 heterocycles. The average molecular weight is 390 g/mol. The van der Waals surface area contributed by atoms with Gasteiger partial charge in [-0.05, 0) is 30.4 Å². The van der Waals surface area contributed by atoms with E-state index in [4.69, 9.17) is 0 Å². The van der Waals surface area contributed by atoms with Gasteiger partial charge in [-0.1, -0.05) is 24.8 Å². The van der Waals surface area contributed by atoms with Gasteiger partial charge in [0, 0.05) is 43.0 Å². The van der Waals surface area contributed by atoms with Crippen molar-refractivity contribution in [1.82, 2.24) is 20.4 Å². The number of fused-ring (bicyclic) bond motifs is 1. The number of benzene rings is 1. The minimum Gasteiger partial charge on any atom is -0.384 e. The number of carbonyl (C=O) groups is 1. The molecule has 2 N–H and O–H groups in total. The standard InChI is InChI=1S/C20H21F3N4O/c1-12-10-17-15(11-24-12)18(26-25-17)19(28)27-8-6-13(7-9-27)14-4-2-3-5-16(14)20(21,22)23/h2-5,13,24H,1,6-11H2,(H,25,26). The van der Waals surface area contributed by atoms with Crippen LogP contribution in [0.4, 0.5) is 13.2 Å². The van der Waals surface area contributed by atoms with Gasteiger partial charge >= 0.3 is 6.18 Å². The van der Waals surface area contributed by atoms with Crippen molar-refractivity contribution in [2.75, 3.05) is 13.1 Å². The van der Waals surface area contributed by atoms with Gasteiger partial charge in [0.2, 0.25) is 0 Å². The van der Waals surface area contributed by atoms with Crippen LogP contribution in [0.15, 0.2) is 36.5 Å². The van der Waals surface area contributed by atoms with Crippen LogP contribution in [0.25, 0.3) is 0 Å². The highest BCUT2D eigenvalue weighted by Crippen LogP contribution is 2.38. The van der Waals surface area contributed by atoms with Gasteiger partial charge in [0.15, 0.2) is 5.69 Å². The summed E-state index contributed by atoms with van der Waals surface area (Å²) in [5.41, 5.74) is 2.75. The zero-order valence-electron chi connectivity index (χ0n) is 15.3. The first kappa shape index (κ1) is 18.6. The summed E-state index contributed by atoms with van der Waals surface area (Å²) in [7, 11) is 0. The minimum atomic E-state index is -4.37. The van der Waals surface area contributed by atoms with Crippen molar-refractivity contribution in [2.24, 2.45) is 0 Å². The van der Waals surface area contributed by atoms with Gasteiger partial charge in [0.1, 0.15) is 0 Å². The number of hydrogen-bond donors (Lipinski definition) is 2. The molecule has 28 heavy (non-hydrogen) atoms. The number of piperidine rings is 1. The van der Waals surface area contributed by atoms with Crippen LogP contribution in [0.3, 0.4) is 0 Å². The first-order valence-corrected chi connectivity index (χ1v) is 9.27. The van der Waals surface area contributed by atoms with Crippen molar-refractivity contribution >= 4 is 5.91 Å². The Hall–Kier alpha value is -2.77. The third-order valence-electron chi connectivity index (χ3n) is 5.55. The van der Waals surface area contributed by atoms with E-state index in [9.17, 15) is 18.0 Å². The van der Waals surface area contributed by atoms with Crippen LogP contribution in [0.5, 0.6) is 0 Å². The Morgan fingerprint density at radius 1 is 1.21 bits per heavy atom. The van der Waals surface area contributed by atoms with Gasteiger partial charge in [-0.25, -0.2) is 0 Å². The molecule has 1 saturated heterocycles. The second-order valence-electron chi connectivity index (χ2n) is 7.31. The fourth-order valence-electron chi connectivity index (χ4n) is 4.06. The number of H-pyrrole nitrogens is 1. The molecule has 148 valence electrons. The molecule has 2 aliphatic rings. The number of aromatic amines is 1. The van der Waals surface area contributed by atoms with Gasteiger partial charge < -0.3 is 10.2 Å². The zero-order valence-corrected chi connectivity index (χ0v) is 15.3. The number of halogens is 3. The molecule has 1 aromatic heterocycles. The van der Waals surface area contributed by atoms with Crippen LogP contribution in [-0.2, 0) is 19.1 Å². The number of amides is 1. The lowest BCUT2D eigenvalue weighted by Gasteiger charge is -2.33. The Balaban J connectivity index is 1.47. The van der Waals surface area contributed by atoms with Crippen molar-refractivity contribution in [3.8, 4) is 0 Å². The average Bonchev–Trinajstić information content (AvgIpc) is 3.10. The molecule has 8 heteroatoms. The predicted octanol–water partition coefficient (Wildman–Crippen LogP) is 3.61. The van der Waals surface area contributed by atoms with Crippen molar-refractivity contribution in [1.29, 1.82) is 0 Å². The van der Waals surface area contributed by atoms with Crippen LogP contribution in [-0.4, -0.2) is 34.1 Å². The number of rotatable bonds is 2. The molecule has 4 rings (SSSR count). The van der Waals surface area contributed by atoms with Gasteiger partial charge in [-0.3, -0.25) is 9.89 Å². The number of aromatic nitrogens is 2. The molecule has 1 fully saturated rings. The SMILES string of the molecule is C=C1Cc2[nH]nc(C(=O)N3CCC(c4ccccc4C(F)(F)F)CC3)c2CN1. The molecular formula is C20H21F3N4O. The summed E-state index contributed by atoms with van der Waals surface area (Å²) in [6.07, 6.45) is -2.76. The van der Waals surface area contributed by atoms with Crippen LogP contribution < -0.4 is 5.32 Å². The molecule has 0 unspecified atom stereocenters. The van der Waals surface area contributed by atoms with E-state index in [0.717, 1.165) is 23.0 Å². The second kappa shape index (κ2) is 7.00. The highest BCUT2D eigenvalue weighted by Gasteiger charge is 2.36. The van der Waals surface area contributed by atoms with Crippen LogP contribution in [0, 0.1) is 0 Å². The number of hydrogen-bond acceptors (Lipinski definition) is 3. The lowest BCUT2D eigenvalue weighted by Crippen LogP contribution is -2.39. The Labute approximate surface area is 160 Å². The molecule has 2 aromatic rings. The predicted molar refractivity (Wildman–Crippen MR) is 97.6 cm³/mol. The molecular weight excluding hydrogens is 369 g/mol. The summed E-state index contributed by atoms with van der Waals surface area (Å²) in [5, 5.41) is 10.2. The normalized spacial score (nSPS) is 18.0. The largest absolute Gasteiger partial charge is 0.416 e. The summed E-state index contributed by atoms with van der Waals surface area (Å²) < 4.78 is 39.9. The van der Waals surface area contributed by atoms with Gasteiger partial charge in [0.05, 0.1) is 5.56 Å². The molecule has 1 amide bonds. The van der Waals surface area contributed by atoms with E-state index in [1.165, 1.54) is 6.07 Å². The first-order chi connectivity index (χ1) is 13.3. The lowest BCUT2D eigenvalue weighted by atomic mass is 9.86. The van der Waals surface area contributed by atoms with E-state index in [1.807, 2.05) is 0 Å². The molecule has 0 atom stereocenters. The van der Waals surface area contributed by atoms with E-state index >= 15 is 0 Å². The van der Waals surface area contributed by atoms with E-state index in [-0.39, 0.29) is 11.8 Å². The number of nitrogens with zero attached hydrogens (tertiary/aromatic N) is 2. The van der Waals surface area contributed by atoms with E-state index in [2.05, 4.69) is 22.1 Å². The number of nitrogens with one attached hydrogen (secondary N) is 2. The summed E-state index contributed by atoms with van der Waals surface area (Å²) in [6, 6.07) is 5.73. The quantitative estimate of drug-likeness (QED) is 0.824. The first-order valence-electron chi connectivity index (χ1n) is 9.27. The maximum Gasteiger partial charge on any atom is 0.416 e. The summed E-state index contributed by atoms with van der Waals surface area (Å²) in [5.74, 6) is -0.380. The van der Waals surface area contributed by atoms with Crippen molar-refractivity contribution in [3.05, 3.63) is 64.6 Å². The van der Waals surface area contributed by atoms with Crippen molar-refractivity contribution in [3.63, 3.8) is 0 Å². The van der Waals surface area contributed by atoms with Crippen LogP contribution >= 0.6 is 0 Å². The Morgan fingerprint density at radius 2 is 1.93 bits per heavy atom. The summed E-state index contributed by atoms with van der Waals surface area (Å²) in [4.78, 5) is 14.6. The fraction of sp³-hybridized carbons (Fsp3) is 0.400. The Kier molecular flexibility index (Phi) is 4.64. The minimum absolute atomic E-state index is 0.172. The maximum absolute atomic E-state index is 13.3. The Morgan fingerprint density at radius 3 is 2.64 bits per heavy atom. The van der Waals surface area contributed by atoms with E-state index in [0.29, 0.717) is 50.2 Å². The molecule has 5 nitrogen and oxygen atoms in total. The maximum atomic E-state index is 13.3. The molecule has 0 spiro atoms. The molecule has 1 aromatic carbocycles. The number of alkyl halides is 3. The lowest BCUT2D eigenvalue weighted by molar-refractivity contribution is -0.138.